The second-order valence-corrected chi connectivity index (χ2v) is 4.56. The standard InChI is InChI=1S/C12H14N4OS/c1-3-14-10-4-5-13-6-9(10)11(17)16-12-15-8(2)7-18-12/h4-7H,3H2,1-2H3,(H,13,14)(H,15,16,17). The van der Waals surface area contributed by atoms with Crippen molar-refractivity contribution in [1.82, 2.24) is 9.97 Å². The van der Waals surface area contributed by atoms with Crippen LogP contribution >= 0.6 is 11.3 Å². The molecule has 0 aliphatic rings. The van der Waals surface area contributed by atoms with Crippen LogP contribution in [0.3, 0.4) is 0 Å². The lowest BCUT2D eigenvalue weighted by Gasteiger charge is -2.08. The van der Waals surface area contributed by atoms with Gasteiger partial charge < -0.3 is 5.32 Å². The van der Waals surface area contributed by atoms with Crippen molar-refractivity contribution in [1.29, 1.82) is 0 Å². The number of carbonyl (C=O) groups is 1. The summed E-state index contributed by atoms with van der Waals surface area (Å²) in [6, 6.07) is 1.78. The molecule has 2 heterocycles. The fourth-order valence-corrected chi connectivity index (χ4v) is 2.18. The minimum Gasteiger partial charge on any atom is -0.385 e. The van der Waals surface area contributed by atoms with Crippen molar-refractivity contribution >= 4 is 28.1 Å². The summed E-state index contributed by atoms with van der Waals surface area (Å²) in [5.74, 6) is -0.201. The van der Waals surface area contributed by atoms with Gasteiger partial charge in [-0.3, -0.25) is 15.1 Å². The molecule has 0 aliphatic carbocycles. The van der Waals surface area contributed by atoms with Crippen LogP contribution in [0, 0.1) is 6.92 Å². The van der Waals surface area contributed by atoms with Gasteiger partial charge in [0.2, 0.25) is 0 Å². The number of pyridine rings is 1. The number of aromatic nitrogens is 2. The van der Waals surface area contributed by atoms with Gasteiger partial charge in [0.25, 0.3) is 5.91 Å². The molecule has 0 saturated heterocycles. The average Bonchev–Trinajstić information content (AvgIpc) is 2.76. The quantitative estimate of drug-likeness (QED) is 0.888. The summed E-state index contributed by atoms with van der Waals surface area (Å²) in [6.45, 7) is 4.62. The predicted octanol–water partition coefficient (Wildman–Crippen LogP) is 2.53. The lowest BCUT2D eigenvalue weighted by Crippen LogP contribution is -2.15. The van der Waals surface area contributed by atoms with Crippen molar-refractivity contribution in [3.05, 3.63) is 35.1 Å². The van der Waals surface area contributed by atoms with Crippen molar-refractivity contribution in [2.75, 3.05) is 17.2 Å². The van der Waals surface area contributed by atoms with E-state index in [2.05, 4.69) is 20.6 Å². The second kappa shape index (κ2) is 5.59. The number of thiazole rings is 1. The average molecular weight is 262 g/mol. The van der Waals surface area contributed by atoms with E-state index in [0.29, 0.717) is 10.7 Å². The maximum Gasteiger partial charge on any atom is 0.261 e. The van der Waals surface area contributed by atoms with Gasteiger partial charge in [-0.1, -0.05) is 0 Å². The van der Waals surface area contributed by atoms with Crippen molar-refractivity contribution < 1.29 is 4.79 Å². The number of hydrogen-bond donors (Lipinski definition) is 2. The minimum atomic E-state index is -0.201. The van der Waals surface area contributed by atoms with Gasteiger partial charge in [0.15, 0.2) is 5.13 Å². The molecule has 0 unspecified atom stereocenters. The van der Waals surface area contributed by atoms with Gasteiger partial charge in [0, 0.05) is 24.3 Å². The molecule has 0 spiro atoms. The van der Waals surface area contributed by atoms with Crippen LogP contribution in [0.1, 0.15) is 23.0 Å². The van der Waals surface area contributed by atoms with E-state index in [1.54, 1.807) is 18.5 Å². The third kappa shape index (κ3) is 2.84. The zero-order valence-electron chi connectivity index (χ0n) is 10.2. The van der Waals surface area contributed by atoms with Gasteiger partial charge in [0.1, 0.15) is 0 Å². The van der Waals surface area contributed by atoms with E-state index in [1.807, 2.05) is 19.2 Å². The van der Waals surface area contributed by atoms with E-state index < -0.39 is 0 Å². The van der Waals surface area contributed by atoms with Gasteiger partial charge in [-0.05, 0) is 19.9 Å². The molecular weight excluding hydrogens is 248 g/mol. The molecule has 2 aromatic rings. The Kier molecular flexibility index (Phi) is 3.88. The Balaban J connectivity index is 2.18. The van der Waals surface area contributed by atoms with E-state index >= 15 is 0 Å². The summed E-state index contributed by atoms with van der Waals surface area (Å²) >= 11 is 1.41. The molecule has 94 valence electrons. The van der Waals surface area contributed by atoms with E-state index in [-0.39, 0.29) is 5.91 Å². The SMILES string of the molecule is CCNc1ccncc1C(=O)Nc1nc(C)cs1. The van der Waals surface area contributed by atoms with Crippen LogP contribution in [0.25, 0.3) is 0 Å². The van der Waals surface area contributed by atoms with Crippen LogP contribution in [0.15, 0.2) is 23.8 Å². The van der Waals surface area contributed by atoms with Gasteiger partial charge in [-0.15, -0.1) is 11.3 Å². The van der Waals surface area contributed by atoms with E-state index in [9.17, 15) is 4.79 Å². The number of anilines is 2. The Morgan fingerprint density at radius 3 is 3.00 bits per heavy atom. The number of nitrogens with zero attached hydrogens (tertiary/aromatic N) is 2. The molecule has 0 saturated carbocycles. The number of amides is 1. The number of carbonyl (C=O) groups excluding carboxylic acids is 1. The van der Waals surface area contributed by atoms with Gasteiger partial charge in [0.05, 0.1) is 16.9 Å². The number of nitrogens with one attached hydrogen (secondary N) is 2. The molecule has 5 nitrogen and oxygen atoms in total. The fraction of sp³-hybridized carbons (Fsp3) is 0.250. The highest BCUT2D eigenvalue weighted by atomic mass is 32.1. The van der Waals surface area contributed by atoms with Crippen LogP contribution in [-0.2, 0) is 0 Å². The highest BCUT2D eigenvalue weighted by Crippen LogP contribution is 2.18. The Bertz CT molecular complexity index is 553. The monoisotopic (exact) mass is 262 g/mol. The highest BCUT2D eigenvalue weighted by molar-refractivity contribution is 7.13. The molecule has 0 aromatic carbocycles. The smallest absolute Gasteiger partial charge is 0.261 e. The first kappa shape index (κ1) is 12.5. The second-order valence-electron chi connectivity index (χ2n) is 3.70. The molecule has 2 rings (SSSR count). The summed E-state index contributed by atoms with van der Waals surface area (Å²) < 4.78 is 0. The van der Waals surface area contributed by atoms with Crippen molar-refractivity contribution in [2.45, 2.75) is 13.8 Å². The molecule has 1 amide bonds. The Morgan fingerprint density at radius 1 is 1.50 bits per heavy atom. The summed E-state index contributed by atoms with van der Waals surface area (Å²) in [5, 5.41) is 8.39. The fourth-order valence-electron chi connectivity index (χ4n) is 1.50. The zero-order chi connectivity index (χ0) is 13.0. The molecule has 0 aliphatic heterocycles. The molecule has 0 bridgehead atoms. The first-order valence-corrected chi connectivity index (χ1v) is 6.50. The zero-order valence-corrected chi connectivity index (χ0v) is 11.0. The van der Waals surface area contributed by atoms with Crippen LogP contribution < -0.4 is 10.6 Å². The first-order valence-electron chi connectivity index (χ1n) is 5.62. The highest BCUT2D eigenvalue weighted by Gasteiger charge is 2.12. The van der Waals surface area contributed by atoms with Gasteiger partial charge in [-0.25, -0.2) is 4.98 Å². The molecule has 0 atom stereocenters. The van der Waals surface area contributed by atoms with Crippen LogP contribution in [0.5, 0.6) is 0 Å². The Hall–Kier alpha value is -1.95. The van der Waals surface area contributed by atoms with Crippen molar-refractivity contribution in [3.8, 4) is 0 Å². The van der Waals surface area contributed by atoms with Crippen LogP contribution in [-0.4, -0.2) is 22.4 Å². The number of hydrogen-bond acceptors (Lipinski definition) is 5. The maximum atomic E-state index is 12.1. The van der Waals surface area contributed by atoms with E-state index in [4.69, 9.17) is 0 Å². The van der Waals surface area contributed by atoms with E-state index in [0.717, 1.165) is 17.9 Å². The van der Waals surface area contributed by atoms with Gasteiger partial charge in [-0.2, -0.15) is 0 Å². The third-order valence-electron chi connectivity index (χ3n) is 2.27. The third-order valence-corrected chi connectivity index (χ3v) is 3.15. The van der Waals surface area contributed by atoms with Crippen LogP contribution in [0.4, 0.5) is 10.8 Å². The molecule has 18 heavy (non-hydrogen) atoms. The van der Waals surface area contributed by atoms with Crippen molar-refractivity contribution in [3.63, 3.8) is 0 Å². The largest absolute Gasteiger partial charge is 0.385 e. The molecule has 0 radical (unpaired) electrons. The summed E-state index contributed by atoms with van der Waals surface area (Å²) in [7, 11) is 0. The molecule has 0 fully saturated rings. The number of aryl methyl sites for hydroxylation is 1. The Labute approximate surface area is 109 Å². The minimum absolute atomic E-state index is 0.201. The molecule has 2 aromatic heterocycles. The number of rotatable bonds is 4. The molecule has 2 N–H and O–H groups in total. The van der Waals surface area contributed by atoms with Crippen molar-refractivity contribution in [2.24, 2.45) is 0 Å². The predicted molar refractivity (Wildman–Crippen MR) is 73.2 cm³/mol. The lowest BCUT2D eigenvalue weighted by atomic mass is 10.2. The summed E-state index contributed by atoms with van der Waals surface area (Å²) in [4.78, 5) is 20.3. The Morgan fingerprint density at radius 2 is 2.33 bits per heavy atom. The summed E-state index contributed by atoms with van der Waals surface area (Å²) in [5.41, 5.74) is 2.19. The summed E-state index contributed by atoms with van der Waals surface area (Å²) in [6.07, 6.45) is 3.20. The lowest BCUT2D eigenvalue weighted by molar-refractivity contribution is 0.102. The normalized spacial score (nSPS) is 10.1. The molecular formula is C12H14N4OS. The topological polar surface area (TPSA) is 66.9 Å². The van der Waals surface area contributed by atoms with Gasteiger partial charge >= 0.3 is 0 Å². The molecule has 6 heteroatoms. The van der Waals surface area contributed by atoms with E-state index in [1.165, 1.54) is 11.3 Å². The van der Waals surface area contributed by atoms with Crippen LogP contribution in [0.2, 0.25) is 0 Å². The first-order chi connectivity index (χ1) is 8.70. The maximum absolute atomic E-state index is 12.1.